The van der Waals surface area contributed by atoms with Crippen LogP contribution in [0.1, 0.15) is 33.7 Å². The summed E-state index contributed by atoms with van der Waals surface area (Å²) in [6.45, 7) is 2.78. The van der Waals surface area contributed by atoms with Crippen molar-refractivity contribution in [2.45, 2.75) is 51.6 Å². The summed E-state index contributed by atoms with van der Waals surface area (Å²) in [5.74, 6) is 0. The fraction of sp³-hybridized carbons (Fsp3) is 0.526. The number of ether oxygens (including phenoxy) is 1. The monoisotopic (exact) mass is 445 g/mol. The highest BCUT2D eigenvalue weighted by molar-refractivity contribution is 6.29. The summed E-state index contributed by atoms with van der Waals surface area (Å²) in [7, 11) is 0. The summed E-state index contributed by atoms with van der Waals surface area (Å²) in [4.78, 5) is 17.8. The normalized spacial score (nSPS) is 19.8. The Kier molecular flexibility index (Phi) is 6.44. The first-order valence-corrected chi connectivity index (χ1v) is 9.76. The van der Waals surface area contributed by atoms with Gasteiger partial charge in [0.1, 0.15) is 16.9 Å². The molecule has 30 heavy (non-hydrogen) atoms. The number of aromatic nitrogens is 3. The molecule has 0 aromatic carbocycles. The maximum Gasteiger partial charge on any atom is 0.407 e. The standard InChI is InChI=1S/C19H23ClF3N5O2/c1-19(2,3)30-18(29)26-13-4-12(21)9-27(10-13)15-5-16(20)24-7-14(15)11-6-25-28(8-11)17(22)23/h5-8,12-13,17H,4,9-10H2,1-3H3,(H,26,29)/t12-,13-/m0/s1. The number of nitrogens with zero attached hydrogens (tertiary/aromatic N) is 4. The summed E-state index contributed by atoms with van der Waals surface area (Å²) in [6, 6.07) is 1.03. The van der Waals surface area contributed by atoms with Crippen molar-refractivity contribution in [2.24, 2.45) is 0 Å². The van der Waals surface area contributed by atoms with E-state index in [1.165, 1.54) is 18.6 Å². The van der Waals surface area contributed by atoms with Crippen molar-refractivity contribution in [3.05, 3.63) is 29.8 Å². The third-order valence-corrected chi connectivity index (χ3v) is 4.63. The van der Waals surface area contributed by atoms with Gasteiger partial charge in [0.15, 0.2) is 0 Å². The van der Waals surface area contributed by atoms with Crippen LogP contribution in [0.15, 0.2) is 24.7 Å². The average Bonchev–Trinajstić information content (AvgIpc) is 3.09. The van der Waals surface area contributed by atoms with E-state index in [1.54, 1.807) is 31.7 Å². The van der Waals surface area contributed by atoms with Gasteiger partial charge >= 0.3 is 12.6 Å². The summed E-state index contributed by atoms with van der Waals surface area (Å²) in [5.41, 5.74) is 0.718. The minimum Gasteiger partial charge on any atom is -0.444 e. The molecule has 1 fully saturated rings. The van der Waals surface area contributed by atoms with Gasteiger partial charge in [-0.15, -0.1) is 0 Å². The van der Waals surface area contributed by atoms with Gasteiger partial charge in [0.2, 0.25) is 0 Å². The van der Waals surface area contributed by atoms with E-state index in [1.807, 2.05) is 0 Å². The maximum atomic E-state index is 14.5. The zero-order chi connectivity index (χ0) is 22.1. The number of piperidine rings is 1. The van der Waals surface area contributed by atoms with Crippen LogP contribution >= 0.6 is 11.6 Å². The van der Waals surface area contributed by atoms with Crippen molar-refractivity contribution in [3.63, 3.8) is 0 Å². The largest absolute Gasteiger partial charge is 0.444 e. The number of hydrogen-bond acceptors (Lipinski definition) is 5. The second kappa shape index (κ2) is 8.71. The molecule has 11 heteroatoms. The second-order valence-corrected chi connectivity index (χ2v) is 8.48. The number of carbonyl (C=O) groups excluding carboxylic acids is 1. The molecule has 164 valence electrons. The summed E-state index contributed by atoms with van der Waals surface area (Å²) >= 11 is 6.05. The number of rotatable bonds is 4. The fourth-order valence-corrected chi connectivity index (χ4v) is 3.45. The van der Waals surface area contributed by atoms with Crippen LogP contribution in [0.3, 0.4) is 0 Å². The first-order valence-electron chi connectivity index (χ1n) is 9.38. The quantitative estimate of drug-likeness (QED) is 0.704. The molecule has 1 amide bonds. The van der Waals surface area contributed by atoms with Crippen molar-refractivity contribution >= 4 is 23.4 Å². The Hall–Kier alpha value is -2.49. The summed E-state index contributed by atoms with van der Waals surface area (Å²) in [5, 5.41) is 6.51. The molecule has 0 saturated carbocycles. The van der Waals surface area contributed by atoms with Gasteiger partial charge in [0, 0.05) is 48.7 Å². The van der Waals surface area contributed by atoms with Gasteiger partial charge in [-0.3, -0.25) is 0 Å². The van der Waals surface area contributed by atoms with E-state index in [9.17, 15) is 18.0 Å². The van der Waals surface area contributed by atoms with Gasteiger partial charge in [-0.05, 0) is 26.8 Å². The van der Waals surface area contributed by atoms with E-state index in [2.05, 4.69) is 15.4 Å². The van der Waals surface area contributed by atoms with Crippen LogP contribution in [0.5, 0.6) is 0 Å². The molecule has 0 bridgehead atoms. The molecule has 2 atom stereocenters. The van der Waals surface area contributed by atoms with E-state index in [-0.39, 0.29) is 24.7 Å². The molecule has 2 aromatic rings. The lowest BCUT2D eigenvalue weighted by atomic mass is 10.0. The Balaban J connectivity index is 1.85. The van der Waals surface area contributed by atoms with Crippen molar-refractivity contribution in [2.75, 3.05) is 18.0 Å². The van der Waals surface area contributed by atoms with Crippen LogP contribution < -0.4 is 10.2 Å². The van der Waals surface area contributed by atoms with Crippen molar-refractivity contribution in [1.82, 2.24) is 20.1 Å². The number of nitrogens with one attached hydrogen (secondary N) is 1. The van der Waals surface area contributed by atoms with Crippen molar-refractivity contribution in [1.29, 1.82) is 0 Å². The Morgan fingerprint density at radius 1 is 1.33 bits per heavy atom. The lowest BCUT2D eigenvalue weighted by molar-refractivity contribution is 0.0490. The predicted octanol–water partition coefficient (Wildman–Crippen LogP) is 4.44. The topological polar surface area (TPSA) is 72.3 Å². The van der Waals surface area contributed by atoms with Gasteiger partial charge in [0.05, 0.1) is 12.2 Å². The summed E-state index contributed by atoms with van der Waals surface area (Å²) in [6.07, 6.45) is 2.19. The molecule has 1 N–H and O–H groups in total. The van der Waals surface area contributed by atoms with E-state index in [4.69, 9.17) is 16.3 Å². The number of halogens is 4. The first-order chi connectivity index (χ1) is 14.0. The number of alkyl carbamates (subject to hydrolysis) is 1. The number of alkyl halides is 3. The highest BCUT2D eigenvalue weighted by Gasteiger charge is 2.31. The molecule has 0 radical (unpaired) electrons. The van der Waals surface area contributed by atoms with Crippen LogP contribution in [-0.2, 0) is 4.74 Å². The average molecular weight is 446 g/mol. The van der Waals surface area contributed by atoms with Crippen LogP contribution in [0.2, 0.25) is 5.15 Å². The predicted molar refractivity (Wildman–Crippen MR) is 107 cm³/mol. The van der Waals surface area contributed by atoms with Crippen LogP contribution in [0.25, 0.3) is 11.1 Å². The lowest BCUT2D eigenvalue weighted by Gasteiger charge is -2.37. The van der Waals surface area contributed by atoms with Crippen LogP contribution in [0.4, 0.5) is 23.7 Å². The molecule has 1 saturated heterocycles. The highest BCUT2D eigenvalue weighted by atomic mass is 35.5. The zero-order valence-corrected chi connectivity index (χ0v) is 17.5. The maximum absolute atomic E-state index is 14.5. The Morgan fingerprint density at radius 3 is 2.70 bits per heavy atom. The van der Waals surface area contributed by atoms with Crippen LogP contribution in [-0.4, -0.2) is 51.8 Å². The molecular weight excluding hydrogens is 423 g/mol. The second-order valence-electron chi connectivity index (χ2n) is 8.09. The molecule has 0 aliphatic carbocycles. The van der Waals surface area contributed by atoms with Gasteiger partial charge in [-0.25, -0.2) is 18.9 Å². The molecule has 2 aromatic heterocycles. The van der Waals surface area contributed by atoms with Crippen molar-refractivity contribution in [3.8, 4) is 11.1 Å². The minimum absolute atomic E-state index is 0.0584. The lowest BCUT2D eigenvalue weighted by Crippen LogP contribution is -2.52. The third kappa shape index (κ3) is 5.56. The Bertz CT molecular complexity index is 903. The van der Waals surface area contributed by atoms with Gasteiger partial charge in [-0.2, -0.15) is 13.9 Å². The van der Waals surface area contributed by atoms with Crippen molar-refractivity contribution < 1.29 is 22.7 Å². The van der Waals surface area contributed by atoms with E-state index >= 15 is 0 Å². The molecule has 7 nitrogen and oxygen atoms in total. The smallest absolute Gasteiger partial charge is 0.407 e. The SMILES string of the molecule is CC(C)(C)OC(=O)N[C@H]1C[C@H](F)CN(c2cc(Cl)ncc2-c2cnn(C(F)F)c2)C1. The van der Waals surface area contributed by atoms with Gasteiger partial charge < -0.3 is 15.0 Å². The molecule has 1 aliphatic heterocycles. The van der Waals surface area contributed by atoms with E-state index in [0.29, 0.717) is 21.5 Å². The molecule has 0 spiro atoms. The molecule has 1 aliphatic rings. The molecule has 0 unspecified atom stereocenters. The number of amides is 1. The highest BCUT2D eigenvalue weighted by Crippen LogP contribution is 2.34. The zero-order valence-electron chi connectivity index (χ0n) is 16.8. The number of hydrogen-bond donors (Lipinski definition) is 1. The Morgan fingerprint density at radius 2 is 2.07 bits per heavy atom. The van der Waals surface area contributed by atoms with Gasteiger partial charge in [0.25, 0.3) is 0 Å². The number of anilines is 1. The van der Waals surface area contributed by atoms with Gasteiger partial charge in [-0.1, -0.05) is 11.6 Å². The molecular formula is C19H23ClF3N5O2. The Labute approximate surface area is 177 Å². The number of carbonyl (C=O) groups is 1. The molecule has 3 heterocycles. The first kappa shape index (κ1) is 22.2. The van der Waals surface area contributed by atoms with E-state index < -0.39 is 30.5 Å². The fourth-order valence-electron chi connectivity index (χ4n) is 3.30. The number of pyridine rings is 1. The summed E-state index contributed by atoms with van der Waals surface area (Å²) < 4.78 is 46.1. The van der Waals surface area contributed by atoms with Crippen LogP contribution in [0, 0.1) is 0 Å². The third-order valence-electron chi connectivity index (χ3n) is 4.42. The minimum atomic E-state index is -2.78. The molecule has 3 rings (SSSR count). The van der Waals surface area contributed by atoms with E-state index in [0.717, 1.165) is 0 Å².